The number of ketones is 1. The number of sulfone groups is 1. The third-order valence-corrected chi connectivity index (χ3v) is 7.02. The van der Waals surface area contributed by atoms with Crippen molar-refractivity contribution in [2.45, 2.75) is 22.5 Å². The third-order valence-electron chi connectivity index (χ3n) is 4.55. The first-order valence-corrected chi connectivity index (χ1v) is 12.6. The van der Waals surface area contributed by atoms with Crippen molar-refractivity contribution in [2.24, 2.45) is 0 Å². The van der Waals surface area contributed by atoms with Crippen LogP contribution in [0.2, 0.25) is 0 Å². The van der Waals surface area contributed by atoms with Gasteiger partial charge in [-0.15, -0.1) is 11.8 Å². The molecule has 0 radical (unpaired) electrons. The number of carbonyl (C=O) groups excluding carboxylic acids is 3. The van der Waals surface area contributed by atoms with Crippen molar-refractivity contribution in [3.8, 4) is 0 Å². The monoisotopic (exact) mass is 487 g/mol. The summed E-state index contributed by atoms with van der Waals surface area (Å²) >= 11 is 1.41. The number of benzene rings is 2. The molecule has 1 aromatic heterocycles. The van der Waals surface area contributed by atoms with Crippen LogP contribution in [0, 0.1) is 0 Å². The maximum Gasteiger partial charge on any atom is 0.374 e. The number of anilines is 1. The van der Waals surface area contributed by atoms with E-state index in [0.717, 1.165) is 4.90 Å². The van der Waals surface area contributed by atoms with Gasteiger partial charge in [0.25, 0.3) is 0 Å². The molecule has 1 heterocycles. The summed E-state index contributed by atoms with van der Waals surface area (Å²) < 4.78 is 35.4. The van der Waals surface area contributed by atoms with Gasteiger partial charge in [0.2, 0.25) is 11.7 Å². The van der Waals surface area contributed by atoms with Crippen LogP contribution in [0.1, 0.15) is 33.4 Å². The second-order valence-electron chi connectivity index (χ2n) is 6.94. The van der Waals surface area contributed by atoms with Crippen molar-refractivity contribution < 1.29 is 32.0 Å². The zero-order valence-corrected chi connectivity index (χ0v) is 19.5. The van der Waals surface area contributed by atoms with Crippen molar-refractivity contribution in [1.82, 2.24) is 0 Å². The maximum atomic E-state index is 12.6. The number of thioether (sulfide) groups is 1. The molecule has 0 aliphatic rings. The Balaban J connectivity index is 1.69. The van der Waals surface area contributed by atoms with Crippen molar-refractivity contribution in [2.75, 3.05) is 18.2 Å². The van der Waals surface area contributed by atoms with Gasteiger partial charge in [-0.05, 0) is 36.6 Å². The van der Waals surface area contributed by atoms with E-state index in [-0.39, 0.29) is 27.7 Å². The Bertz CT molecular complexity index is 1280. The van der Waals surface area contributed by atoms with Gasteiger partial charge >= 0.3 is 5.97 Å². The number of hydrogen-bond donors (Lipinski definition) is 1. The average Bonchev–Trinajstić information content (AvgIpc) is 3.25. The number of amides is 1. The molecule has 10 heteroatoms. The Morgan fingerprint density at radius 3 is 2.45 bits per heavy atom. The standard InChI is InChI=1S/C23H21NO7S2/c1-15(25)24-19-12-16(8-9-21(19)32-2)20(26)13-31-23(27)22-17(10-11-30-22)14-33(28,29)18-6-4-3-5-7-18/h3-12H,13-14H2,1-2H3,(H,24,25). The predicted molar refractivity (Wildman–Crippen MR) is 123 cm³/mol. The number of hydrogen-bond acceptors (Lipinski definition) is 8. The fourth-order valence-electron chi connectivity index (χ4n) is 2.99. The minimum atomic E-state index is -3.71. The summed E-state index contributed by atoms with van der Waals surface area (Å²) in [4.78, 5) is 37.3. The summed E-state index contributed by atoms with van der Waals surface area (Å²) in [6.45, 7) is 0.780. The Labute approximate surface area is 195 Å². The lowest BCUT2D eigenvalue weighted by Gasteiger charge is -2.10. The van der Waals surface area contributed by atoms with Gasteiger partial charge in [-0.2, -0.15) is 0 Å². The highest BCUT2D eigenvalue weighted by atomic mass is 32.2. The summed E-state index contributed by atoms with van der Waals surface area (Å²) in [6, 6.07) is 14.0. The van der Waals surface area contributed by atoms with E-state index >= 15 is 0 Å². The molecule has 3 aromatic rings. The molecule has 8 nitrogen and oxygen atoms in total. The minimum Gasteiger partial charge on any atom is -0.457 e. The van der Waals surface area contributed by atoms with E-state index in [4.69, 9.17) is 9.15 Å². The normalized spacial score (nSPS) is 11.1. The molecule has 0 fully saturated rings. The number of nitrogens with one attached hydrogen (secondary N) is 1. The van der Waals surface area contributed by atoms with Crippen LogP contribution >= 0.6 is 11.8 Å². The highest BCUT2D eigenvalue weighted by Crippen LogP contribution is 2.27. The van der Waals surface area contributed by atoms with E-state index < -0.39 is 33.9 Å². The van der Waals surface area contributed by atoms with E-state index in [2.05, 4.69) is 5.32 Å². The van der Waals surface area contributed by atoms with Crippen LogP contribution in [0.15, 0.2) is 75.1 Å². The molecule has 3 rings (SSSR count). The van der Waals surface area contributed by atoms with Gasteiger partial charge in [0.15, 0.2) is 22.2 Å². The Hall–Kier alpha value is -3.37. The zero-order chi connectivity index (χ0) is 24.0. The summed E-state index contributed by atoms with van der Waals surface area (Å²) in [5, 5.41) is 2.66. The van der Waals surface area contributed by atoms with Crippen LogP contribution in [0.3, 0.4) is 0 Å². The molecule has 1 amide bonds. The fraction of sp³-hybridized carbons (Fsp3) is 0.174. The molecule has 0 aliphatic carbocycles. The van der Waals surface area contributed by atoms with Crippen LogP contribution < -0.4 is 5.32 Å². The van der Waals surface area contributed by atoms with Gasteiger partial charge in [-0.1, -0.05) is 24.3 Å². The van der Waals surface area contributed by atoms with Gasteiger partial charge in [0, 0.05) is 22.9 Å². The van der Waals surface area contributed by atoms with E-state index in [9.17, 15) is 22.8 Å². The van der Waals surface area contributed by atoms with Crippen molar-refractivity contribution in [3.05, 3.63) is 77.7 Å². The number of Topliss-reactive ketones (excluding diaryl/α,β-unsaturated/α-hetero) is 1. The van der Waals surface area contributed by atoms with E-state index in [1.165, 1.54) is 49.2 Å². The number of carbonyl (C=O) groups is 3. The van der Waals surface area contributed by atoms with Crippen LogP contribution in [-0.2, 0) is 25.1 Å². The molecule has 0 bridgehead atoms. The first kappa shape index (κ1) is 24.3. The first-order valence-electron chi connectivity index (χ1n) is 9.71. The fourth-order valence-corrected chi connectivity index (χ4v) is 4.90. The minimum absolute atomic E-state index is 0.115. The lowest BCUT2D eigenvalue weighted by Crippen LogP contribution is -2.16. The summed E-state index contributed by atoms with van der Waals surface area (Å²) in [5.74, 6) is -2.46. The van der Waals surface area contributed by atoms with Crippen LogP contribution in [-0.4, -0.2) is 38.9 Å². The molecular formula is C23H21NO7S2. The largest absolute Gasteiger partial charge is 0.457 e. The second kappa shape index (κ2) is 10.5. The molecule has 1 N–H and O–H groups in total. The predicted octanol–water partition coefficient (Wildman–Crippen LogP) is 3.97. The van der Waals surface area contributed by atoms with Gasteiger partial charge in [0.1, 0.15) is 0 Å². The Kier molecular flexibility index (Phi) is 7.72. The highest BCUT2D eigenvalue weighted by molar-refractivity contribution is 7.98. The number of rotatable bonds is 9. The molecule has 0 spiro atoms. The SMILES string of the molecule is CSc1ccc(C(=O)COC(=O)c2occc2CS(=O)(=O)c2ccccc2)cc1NC(C)=O. The van der Waals surface area contributed by atoms with Gasteiger partial charge in [-0.25, -0.2) is 13.2 Å². The van der Waals surface area contributed by atoms with E-state index in [0.29, 0.717) is 5.69 Å². The summed E-state index contributed by atoms with van der Waals surface area (Å²) in [6.07, 6.45) is 3.03. The van der Waals surface area contributed by atoms with E-state index in [1.54, 1.807) is 30.3 Å². The van der Waals surface area contributed by atoms with Gasteiger partial charge in [0.05, 0.1) is 22.6 Å². The Morgan fingerprint density at radius 1 is 1.06 bits per heavy atom. The van der Waals surface area contributed by atoms with Crippen LogP contribution in [0.4, 0.5) is 5.69 Å². The molecule has 0 aliphatic heterocycles. The Morgan fingerprint density at radius 2 is 1.79 bits per heavy atom. The van der Waals surface area contributed by atoms with Gasteiger partial charge in [-0.3, -0.25) is 9.59 Å². The molecule has 0 saturated heterocycles. The number of ether oxygens (including phenoxy) is 1. The smallest absolute Gasteiger partial charge is 0.374 e. The van der Waals surface area contributed by atoms with Crippen molar-refractivity contribution in [1.29, 1.82) is 0 Å². The second-order valence-corrected chi connectivity index (χ2v) is 9.78. The van der Waals surface area contributed by atoms with Gasteiger partial charge < -0.3 is 14.5 Å². The molecule has 0 atom stereocenters. The first-order chi connectivity index (χ1) is 15.7. The topological polar surface area (TPSA) is 120 Å². The molecular weight excluding hydrogens is 466 g/mol. The highest BCUT2D eigenvalue weighted by Gasteiger charge is 2.24. The lowest BCUT2D eigenvalue weighted by molar-refractivity contribution is -0.114. The van der Waals surface area contributed by atoms with Crippen molar-refractivity contribution in [3.63, 3.8) is 0 Å². The molecule has 0 saturated carbocycles. The summed E-state index contributed by atoms with van der Waals surface area (Å²) in [5.41, 5.74) is 0.857. The number of furan rings is 1. The molecule has 0 unspecified atom stereocenters. The third kappa shape index (κ3) is 6.11. The van der Waals surface area contributed by atoms with Crippen LogP contribution in [0.5, 0.6) is 0 Å². The van der Waals surface area contributed by atoms with E-state index in [1.807, 2.05) is 6.26 Å². The molecule has 172 valence electrons. The zero-order valence-electron chi connectivity index (χ0n) is 17.9. The number of esters is 1. The van der Waals surface area contributed by atoms with Crippen molar-refractivity contribution >= 4 is 44.9 Å². The lowest BCUT2D eigenvalue weighted by atomic mass is 10.1. The molecule has 2 aromatic carbocycles. The molecule has 33 heavy (non-hydrogen) atoms. The van der Waals surface area contributed by atoms with Crippen LogP contribution in [0.25, 0.3) is 0 Å². The maximum absolute atomic E-state index is 12.6. The quantitative estimate of drug-likeness (QED) is 0.273. The average molecular weight is 488 g/mol. The summed E-state index contributed by atoms with van der Waals surface area (Å²) in [7, 11) is -3.71.